The van der Waals surface area contributed by atoms with E-state index in [0.29, 0.717) is 10.6 Å². The molecule has 2 N–H and O–H groups in total. The van der Waals surface area contributed by atoms with Gasteiger partial charge in [-0.2, -0.15) is 0 Å². The fraction of sp³-hybridized carbons (Fsp3) is 0.0714. The summed E-state index contributed by atoms with van der Waals surface area (Å²) < 4.78 is 0. The van der Waals surface area contributed by atoms with Crippen molar-refractivity contribution < 1.29 is 9.59 Å². The van der Waals surface area contributed by atoms with Crippen molar-refractivity contribution in [3.05, 3.63) is 57.6 Å². The summed E-state index contributed by atoms with van der Waals surface area (Å²) in [5.41, 5.74) is 8.01. The Morgan fingerprint density at radius 3 is 2.79 bits per heavy atom. The predicted molar refractivity (Wildman–Crippen MR) is 73.1 cm³/mol. The number of fused-ring (bicyclic) bond motifs is 1. The minimum Gasteiger partial charge on any atom is -0.364 e. The quantitative estimate of drug-likeness (QED) is 0.868. The Balaban J connectivity index is 1.95. The van der Waals surface area contributed by atoms with Crippen molar-refractivity contribution in [1.29, 1.82) is 0 Å². The second kappa shape index (κ2) is 4.44. The van der Waals surface area contributed by atoms with E-state index in [0.717, 1.165) is 28.9 Å². The van der Waals surface area contributed by atoms with Crippen LogP contribution < -0.4 is 5.73 Å². The van der Waals surface area contributed by atoms with Crippen LogP contribution in [0, 0.1) is 0 Å². The maximum atomic E-state index is 12.4. The number of amides is 1. The van der Waals surface area contributed by atoms with E-state index in [2.05, 4.69) is 4.98 Å². The highest BCUT2D eigenvalue weighted by molar-refractivity contribution is 7.12. The van der Waals surface area contributed by atoms with Gasteiger partial charge in [-0.25, -0.2) is 4.98 Å². The molecule has 94 valence electrons. The first-order valence-corrected chi connectivity index (χ1v) is 6.63. The number of nitrogens with zero attached hydrogens (tertiary/aromatic N) is 1. The molecule has 1 aliphatic rings. The highest BCUT2D eigenvalue weighted by atomic mass is 32.1. The van der Waals surface area contributed by atoms with E-state index >= 15 is 0 Å². The zero-order valence-electron chi connectivity index (χ0n) is 9.92. The summed E-state index contributed by atoms with van der Waals surface area (Å²) >= 11 is 1.15. The van der Waals surface area contributed by atoms with Gasteiger partial charge in [0.1, 0.15) is 5.69 Å². The number of hydrogen-bond acceptors (Lipinski definition) is 4. The Kier molecular flexibility index (Phi) is 2.76. The molecule has 1 heterocycles. The fourth-order valence-corrected chi connectivity index (χ4v) is 2.86. The fourth-order valence-electron chi connectivity index (χ4n) is 2.10. The molecule has 0 spiro atoms. The number of rotatable bonds is 3. The summed E-state index contributed by atoms with van der Waals surface area (Å²) in [4.78, 5) is 27.4. The van der Waals surface area contributed by atoms with Gasteiger partial charge in [-0.3, -0.25) is 9.59 Å². The smallest absolute Gasteiger partial charge is 0.268 e. The molecule has 3 rings (SSSR count). The Labute approximate surface area is 113 Å². The average molecular weight is 270 g/mol. The maximum Gasteiger partial charge on any atom is 0.268 e. The highest BCUT2D eigenvalue weighted by Crippen LogP contribution is 2.30. The van der Waals surface area contributed by atoms with Crippen molar-refractivity contribution in [2.45, 2.75) is 6.42 Å². The van der Waals surface area contributed by atoms with Crippen molar-refractivity contribution in [1.82, 2.24) is 4.98 Å². The summed E-state index contributed by atoms with van der Waals surface area (Å²) in [7, 11) is 0. The van der Waals surface area contributed by atoms with Crippen LogP contribution in [-0.2, 0) is 6.42 Å². The third-order valence-electron chi connectivity index (χ3n) is 3.03. The van der Waals surface area contributed by atoms with Gasteiger partial charge in [0.2, 0.25) is 5.78 Å². The zero-order valence-corrected chi connectivity index (χ0v) is 10.7. The van der Waals surface area contributed by atoms with Crippen LogP contribution in [0.2, 0.25) is 0 Å². The summed E-state index contributed by atoms with van der Waals surface area (Å²) in [5, 5.41) is 1.81. The topological polar surface area (TPSA) is 73.1 Å². The van der Waals surface area contributed by atoms with E-state index in [1.54, 1.807) is 0 Å². The van der Waals surface area contributed by atoms with Gasteiger partial charge in [0, 0.05) is 11.0 Å². The molecule has 0 bridgehead atoms. The normalized spacial score (nSPS) is 12.9. The van der Waals surface area contributed by atoms with Gasteiger partial charge in [-0.05, 0) is 17.5 Å². The van der Waals surface area contributed by atoms with E-state index in [1.807, 2.05) is 30.3 Å². The predicted octanol–water partition coefficient (Wildman–Crippen LogP) is 2.06. The lowest BCUT2D eigenvalue weighted by molar-refractivity contribution is 0.0996. The van der Waals surface area contributed by atoms with Crippen LogP contribution in [0.3, 0.4) is 0 Å². The molecule has 19 heavy (non-hydrogen) atoms. The molecule has 0 aliphatic heterocycles. The molecule has 1 amide bonds. The van der Waals surface area contributed by atoms with Crippen LogP contribution in [0.15, 0.2) is 35.7 Å². The summed E-state index contributed by atoms with van der Waals surface area (Å²) in [6.45, 7) is 0. The Morgan fingerprint density at radius 2 is 2.05 bits per heavy atom. The largest absolute Gasteiger partial charge is 0.364 e. The molecule has 1 aromatic carbocycles. The molecule has 0 fully saturated rings. The molecule has 4 nitrogen and oxygen atoms in total. The molecule has 1 aromatic heterocycles. The average Bonchev–Trinajstić information content (AvgIpc) is 3.05. The van der Waals surface area contributed by atoms with Crippen LogP contribution in [0.4, 0.5) is 0 Å². The molecule has 0 saturated carbocycles. The zero-order chi connectivity index (χ0) is 13.4. The Morgan fingerprint density at radius 1 is 1.26 bits per heavy atom. The number of allylic oxidation sites excluding steroid dienone is 2. The molecule has 5 heteroatoms. The third kappa shape index (κ3) is 1.98. The van der Waals surface area contributed by atoms with Gasteiger partial charge < -0.3 is 5.73 Å². The van der Waals surface area contributed by atoms with Crippen LogP contribution in [0.1, 0.15) is 31.4 Å². The number of carbonyl (C=O) groups is 2. The molecule has 0 unspecified atom stereocenters. The van der Waals surface area contributed by atoms with Gasteiger partial charge in [0.15, 0.2) is 5.01 Å². The molecule has 0 atom stereocenters. The summed E-state index contributed by atoms with van der Waals surface area (Å²) in [6, 6.07) is 7.79. The second-order valence-corrected chi connectivity index (χ2v) is 5.07. The molecular weight excluding hydrogens is 260 g/mol. The molecule has 0 radical (unpaired) electrons. The first-order valence-electron chi connectivity index (χ1n) is 5.75. The van der Waals surface area contributed by atoms with Gasteiger partial charge in [0.05, 0.1) is 0 Å². The van der Waals surface area contributed by atoms with Crippen molar-refractivity contribution in [2.75, 3.05) is 0 Å². The maximum absolute atomic E-state index is 12.4. The van der Waals surface area contributed by atoms with Gasteiger partial charge in [-0.1, -0.05) is 30.3 Å². The number of aromatic nitrogens is 1. The third-order valence-corrected chi connectivity index (χ3v) is 3.87. The van der Waals surface area contributed by atoms with Crippen LogP contribution >= 0.6 is 11.3 Å². The number of primary amides is 1. The van der Waals surface area contributed by atoms with Crippen molar-refractivity contribution in [3.63, 3.8) is 0 Å². The number of nitrogens with two attached hydrogens (primary N) is 1. The molecule has 2 aromatic rings. The number of benzene rings is 1. The number of carbonyl (C=O) groups excluding carboxylic acids is 2. The van der Waals surface area contributed by atoms with E-state index < -0.39 is 5.91 Å². The number of ketones is 1. The molecule has 0 saturated heterocycles. The molecular formula is C14H10N2O2S. The second-order valence-electron chi connectivity index (χ2n) is 4.21. The van der Waals surface area contributed by atoms with E-state index in [9.17, 15) is 9.59 Å². The first kappa shape index (κ1) is 11.8. The summed E-state index contributed by atoms with van der Waals surface area (Å²) in [5.74, 6) is -0.765. The van der Waals surface area contributed by atoms with Gasteiger partial charge in [0.25, 0.3) is 5.91 Å². The van der Waals surface area contributed by atoms with E-state index in [4.69, 9.17) is 5.73 Å². The number of hydrogen-bond donors (Lipinski definition) is 1. The van der Waals surface area contributed by atoms with Crippen LogP contribution in [0.5, 0.6) is 0 Å². The summed E-state index contributed by atoms with van der Waals surface area (Å²) in [6.07, 6.45) is 2.66. The van der Waals surface area contributed by atoms with E-state index in [1.165, 1.54) is 5.38 Å². The molecule has 1 aliphatic carbocycles. The van der Waals surface area contributed by atoms with Crippen LogP contribution in [-0.4, -0.2) is 16.7 Å². The SMILES string of the molecule is NC(=O)c1csc(C(=O)C2=CCc3ccccc32)n1. The minimum atomic E-state index is -0.615. The standard InChI is InChI=1S/C14H10N2O2S/c15-13(18)11-7-19-14(16-11)12(17)10-6-5-8-3-1-2-4-9(8)10/h1-4,6-7H,5H2,(H2,15,18). The van der Waals surface area contributed by atoms with Crippen LogP contribution in [0.25, 0.3) is 5.57 Å². The Bertz CT molecular complexity index is 716. The van der Waals surface area contributed by atoms with Crippen molar-refractivity contribution >= 4 is 28.6 Å². The number of thiazole rings is 1. The monoisotopic (exact) mass is 270 g/mol. The van der Waals surface area contributed by atoms with Gasteiger partial charge in [-0.15, -0.1) is 11.3 Å². The Hall–Kier alpha value is -2.27. The van der Waals surface area contributed by atoms with Crippen molar-refractivity contribution in [3.8, 4) is 0 Å². The number of Topliss-reactive ketones (excluding diaryl/α,β-unsaturated/α-hetero) is 1. The van der Waals surface area contributed by atoms with E-state index in [-0.39, 0.29) is 11.5 Å². The van der Waals surface area contributed by atoms with Gasteiger partial charge >= 0.3 is 0 Å². The lowest BCUT2D eigenvalue weighted by atomic mass is 10.0. The lowest BCUT2D eigenvalue weighted by Gasteiger charge is -2.02. The minimum absolute atomic E-state index is 0.139. The van der Waals surface area contributed by atoms with Crippen molar-refractivity contribution in [2.24, 2.45) is 5.73 Å². The highest BCUT2D eigenvalue weighted by Gasteiger charge is 2.23. The lowest BCUT2D eigenvalue weighted by Crippen LogP contribution is -2.12. The first-order chi connectivity index (χ1) is 9.16.